The first-order chi connectivity index (χ1) is 14.8. The summed E-state index contributed by atoms with van der Waals surface area (Å²) in [5.74, 6) is -1.60. The molecule has 0 fully saturated rings. The maximum absolute atomic E-state index is 12.7. The van der Waals surface area contributed by atoms with E-state index in [0.717, 1.165) is 22.3 Å². The Labute approximate surface area is 181 Å². The zero-order chi connectivity index (χ0) is 22.5. The predicted octanol–water partition coefficient (Wildman–Crippen LogP) is 5.82. The molecule has 0 atom stereocenters. The summed E-state index contributed by atoms with van der Waals surface area (Å²) in [6, 6.07) is 16.5. The van der Waals surface area contributed by atoms with Crippen molar-refractivity contribution < 1.29 is 19.8 Å². The summed E-state index contributed by atoms with van der Waals surface area (Å²) in [5, 5.41) is 20.8. The highest BCUT2D eigenvalue weighted by Crippen LogP contribution is 2.34. The number of hydrogen-bond donors (Lipinski definition) is 2. The van der Waals surface area contributed by atoms with Gasteiger partial charge in [-0.15, -0.1) is 0 Å². The zero-order valence-electron chi connectivity index (χ0n) is 17.7. The van der Waals surface area contributed by atoms with Crippen molar-refractivity contribution in [3.63, 3.8) is 0 Å². The molecule has 4 heteroatoms. The molecule has 3 aromatic rings. The topological polar surface area (TPSA) is 74.6 Å². The molecule has 0 aliphatic carbocycles. The number of phenolic OH excluding ortho intramolecular Hbond substituents is 2. The summed E-state index contributed by atoms with van der Waals surface area (Å²) in [6.07, 6.45) is 5.96. The summed E-state index contributed by atoms with van der Waals surface area (Å²) in [5.41, 5.74) is 3.91. The molecule has 0 spiro atoms. The summed E-state index contributed by atoms with van der Waals surface area (Å²) in [4.78, 5) is 25.4. The van der Waals surface area contributed by atoms with Gasteiger partial charge in [-0.05, 0) is 50.1 Å². The van der Waals surface area contributed by atoms with Crippen LogP contribution >= 0.6 is 0 Å². The van der Waals surface area contributed by atoms with Gasteiger partial charge in [-0.25, -0.2) is 0 Å². The highest BCUT2D eigenvalue weighted by atomic mass is 16.3. The van der Waals surface area contributed by atoms with Crippen LogP contribution in [0.15, 0.2) is 66.7 Å². The zero-order valence-corrected chi connectivity index (χ0v) is 17.7. The first-order valence-corrected chi connectivity index (χ1v) is 9.90. The van der Waals surface area contributed by atoms with Gasteiger partial charge in [0.1, 0.15) is 11.5 Å². The van der Waals surface area contributed by atoms with Crippen LogP contribution in [0.3, 0.4) is 0 Å². The quantitative estimate of drug-likeness (QED) is 0.395. The van der Waals surface area contributed by atoms with Crippen LogP contribution in [-0.4, -0.2) is 21.8 Å². The summed E-state index contributed by atoms with van der Waals surface area (Å²) >= 11 is 0. The molecule has 0 aliphatic rings. The lowest BCUT2D eigenvalue weighted by molar-refractivity contribution is 0.104. The minimum Gasteiger partial charge on any atom is -0.507 e. The van der Waals surface area contributed by atoms with Crippen LogP contribution in [0, 0.1) is 20.8 Å². The van der Waals surface area contributed by atoms with Crippen molar-refractivity contribution in [1.82, 2.24) is 0 Å². The van der Waals surface area contributed by atoms with Gasteiger partial charge in [0.05, 0.1) is 11.1 Å². The second-order valence-corrected chi connectivity index (χ2v) is 7.51. The van der Waals surface area contributed by atoms with Crippen molar-refractivity contribution in [1.29, 1.82) is 0 Å². The molecule has 0 bridgehead atoms. The number of carbonyl (C=O) groups is 2. The van der Waals surface area contributed by atoms with E-state index in [1.54, 1.807) is 12.2 Å². The van der Waals surface area contributed by atoms with Crippen LogP contribution in [0.5, 0.6) is 11.5 Å². The van der Waals surface area contributed by atoms with Gasteiger partial charge >= 0.3 is 0 Å². The number of phenols is 2. The van der Waals surface area contributed by atoms with Gasteiger partial charge in [0.15, 0.2) is 11.6 Å². The third kappa shape index (κ3) is 5.17. The van der Waals surface area contributed by atoms with Gasteiger partial charge in [-0.3, -0.25) is 9.59 Å². The third-order valence-electron chi connectivity index (χ3n) is 5.05. The fourth-order valence-electron chi connectivity index (χ4n) is 3.05. The van der Waals surface area contributed by atoms with Crippen LogP contribution in [0.1, 0.15) is 48.5 Å². The first-order valence-electron chi connectivity index (χ1n) is 9.90. The molecule has 4 nitrogen and oxygen atoms in total. The smallest absolute Gasteiger partial charge is 0.189 e. The van der Waals surface area contributed by atoms with Gasteiger partial charge in [-0.2, -0.15) is 0 Å². The molecule has 0 saturated carbocycles. The minimum atomic E-state index is -0.460. The maximum Gasteiger partial charge on any atom is 0.189 e. The molecule has 156 valence electrons. The Kier molecular flexibility index (Phi) is 6.51. The van der Waals surface area contributed by atoms with Gasteiger partial charge in [0.25, 0.3) is 0 Å². The van der Waals surface area contributed by atoms with Crippen LogP contribution in [0.25, 0.3) is 12.2 Å². The van der Waals surface area contributed by atoms with Gasteiger partial charge in [-0.1, -0.05) is 71.8 Å². The third-order valence-corrected chi connectivity index (χ3v) is 5.05. The summed E-state index contributed by atoms with van der Waals surface area (Å²) in [7, 11) is 0. The molecule has 0 aliphatic heterocycles. The van der Waals surface area contributed by atoms with E-state index in [9.17, 15) is 19.8 Å². The number of ketones is 2. The number of aryl methyl sites for hydroxylation is 2. The van der Waals surface area contributed by atoms with Gasteiger partial charge in [0.2, 0.25) is 0 Å². The number of hydrogen-bond acceptors (Lipinski definition) is 4. The van der Waals surface area contributed by atoms with E-state index in [0.29, 0.717) is 0 Å². The van der Waals surface area contributed by atoms with Gasteiger partial charge < -0.3 is 10.2 Å². The Bertz CT molecular complexity index is 1090. The fourth-order valence-corrected chi connectivity index (χ4v) is 3.05. The van der Waals surface area contributed by atoms with E-state index in [1.165, 1.54) is 25.1 Å². The molecule has 3 rings (SSSR count). The van der Waals surface area contributed by atoms with Crippen molar-refractivity contribution in [2.45, 2.75) is 20.8 Å². The maximum atomic E-state index is 12.7. The predicted molar refractivity (Wildman–Crippen MR) is 124 cm³/mol. The van der Waals surface area contributed by atoms with Crippen molar-refractivity contribution in [2.24, 2.45) is 0 Å². The van der Waals surface area contributed by atoms with Crippen LogP contribution in [0.4, 0.5) is 0 Å². The van der Waals surface area contributed by atoms with Crippen molar-refractivity contribution in [2.75, 3.05) is 0 Å². The standard InChI is InChI=1S/C27H24O4/c1-17-4-8-20(9-5-17)12-14-24(28)22-16-23(27(31)19(3)26(22)30)25(29)15-13-21-10-6-18(2)7-11-21/h4-16,30-31H,1-3H3/b14-12+,15-13+. The molecule has 0 saturated heterocycles. The molecule has 0 radical (unpaired) electrons. The van der Waals surface area contributed by atoms with Crippen molar-refractivity contribution >= 4 is 23.7 Å². The van der Waals surface area contributed by atoms with Crippen molar-refractivity contribution in [3.05, 3.63) is 106 Å². The largest absolute Gasteiger partial charge is 0.507 e. The second-order valence-electron chi connectivity index (χ2n) is 7.51. The summed E-state index contributed by atoms with van der Waals surface area (Å²) in [6.45, 7) is 5.41. The fraction of sp³-hybridized carbons (Fsp3) is 0.111. The lowest BCUT2D eigenvalue weighted by Gasteiger charge is -2.10. The first kappa shape index (κ1) is 21.8. The minimum absolute atomic E-state index is 0.0363. The number of aromatic hydroxyl groups is 2. The Balaban J connectivity index is 1.90. The number of rotatable bonds is 6. The Hall–Kier alpha value is -3.92. The highest BCUT2D eigenvalue weighted by Gasteiger charge is 2.20. The van der Waals surface area contributed by atoms with Crippen LogP contribution in [0.2, 0.25) is 0 Å². The lowest BCUT2D eigenvalue weighted by Crippen LogP contribution is -2.03. The van der Waals surface area contributed by atoms with E-state index in [4.69, 9.17) is 0 Å². The molecule has 2 N–H and O–H groups in total. The average Bonchev–Trinajstić information content (AvgIpc) is 2.76. The van der Waals surface area contributed by atoms with Crippen LogP contribution in [-0.2, 0) is 0 Å². The Morgan fingerprint density at radius 3 is 1.35 bits per heavy atom. The van der Waals surface area contributed by atoms with E-state index >= 15 is 0 Å². The summed E-state index contributed by atoms with van der Waals surface area (Å²) < 4.78 is 0. The molecule has 31 heavy (non-hydrogen) atoms. The molecule has 0 amide bonds. The number of carbonyl (C=O) groups excluding carboxylic acids is 2. The molecule has 0 heterocycles. The van der Waals surface area contributed by atoms with E-state index in [2.05, 4.69) is 0 Å². The van der Waals surface area contributed by atoms with Crippen molar-refractivity contribution in [3.8, 4) is 11.5 Å². The van der Waals surface area contributed by atoms with E-state index < -0.39 is 11.6 Å². The Morgan fingerprint density at radius 1 is 0.645 bits per heavy atom. The van der Waals surface area contributed by atoms with E-state index in [-0.39, 0.29) is 28.2 Å². The normalized spacial score (nSPS) is 11.3. The van der Waals surface area contributed by atoms with E-state index in [1.807, 2.05) is 62.4 Å². The monoisotopic (exact) mass is 412 g/mol. The molecule has 0 unspecified atom stereocenters. The van der Waals surface area contributed by atoms with Gasteiger partial charge in [0, 0.05) is 5.56 Å². The molecular formula is C27H24O4. The second kappa shape index (κ2) is 9.26. The average molecular weight is 412 g/mol. The molecular weight excluding hydrogens is 388 g/mol. The molecule has 3 aromatic carbocycles. The number of allylic oxidation sites excluding steroid dienone is 2. The highest BCUT2D eigenvalue weighted by molar-refractivity contribution is 6.14. The van der Waals surface area contributed by atoms with Crippen LogP contribution < -0.4 is 0 Å². The molecule has 0 aromatic heterocycles. The Morgan fingerprint density at radius 2 is 1.00 bits per heavy atom. The SMILES string of the molecule is Cc1ccc(/C=C/C(=O)c2cc(C(=O)/C=C/c3ccc(C)cc3)c(O)c(C)c2O)cc1. The lowest BCUT2D eigenvalue weighted by atomic mass is 9.97. The number of benzene rings is 3.